The largest absolute Gasteiger partial charge is 0.363 e. The van der Waals surface area contributed by atoms with Crippen molar-refractivity contribution in [1.29, 1.82) is 0 Å². The van der Waals surface area contributed by atoms with Crippen molar-refractivity contribution >= 4 is 6.29 Å². The Labute approximate surface area is 54.5 Å². The van der Waals surface area contributed by atoms with Crippen LogP contribution in [0.5, 0.6) is 0 Å². The summed E-state index contributed by atoms with van der Waals surface area (Å²) in [5.74, 6) is 0. The van der Waals surface area contributed by atoms with Crippen molar-refractivity contribution in [2.24, 2.45) is 0 Å². The molecule has 9 heavy (non-hydrogen) atoms. The molecule has 1 heterocycles. The fraction of sp³-hybridized carbons (Fsp3) is 0.571. The van der Waals surface area contributed by atoms with E-state index in [1.165, 1.54) is 0 Å². The van der Waals surface area contributed by atoms with Gasteiger partial charge in [0.05, 0.1) is 6.61 Å². The van der Waals surface area contributed by atoms with Gasteiger partial charge >= 0.3 is 0 Å². The maximum atomic E-state index is 10.3. The molecule has 1 atom stereocenters. The highest BCUT2D eigenvalue weighted by atomic mass is 16.5. The first-order chi connectivity index (χ1) is 4.27. The Morgan fingerprint density at radius 2 is 2.44 bits per heavy atom. The van der Waals surface area contributed by atoms with Crippen LogP contribution in [0.1, 0.15) is 13.3 Å². The average molecular weight is 126 g/mol. The molecule has 0 aliphatic carbocycles. The van der Waals surface area contributed by atoms with E-state index in [4.69, 9.17) is 4.74 Å². The standard InChI is InChI=1S/C7H10O2/c1-7(6-8)4-2-3-5-9-7/h2-3,6H,4-5H2,1H3. The number of hydrogen-bond donors (Lipinski definition) is 0. The Balaban J connectivity index is 2.60. The molecule has 0 amide bonds. The summed E-state index contributed by atoms with van der Waals surface area (Å²) >= 11 is 0. The zero-order valence-corrected chi connectivity index (χ0v) is 5.46. The average Bonchev–Trinajstić information content (AvgIpc) is 1.90. The van der Waals surface area contributed by atoms with Crippen LogP contribution in [0.2, 0.25) is 0 Å². The Morgan fingerprint density at radius 1 is 1.67 bits per heavy atom. The molecular formula is C7H10O2. The molecule has 0 aromatic rings. The van der Waals surface area contributed by atoms with E-state index in [2.05, 4.69) is 0 Å². The van der Waals surface area contributed by atoms with Crippen molar-refractivity contribution in [2.45, 2.75) is 18.9 Å². The molecule has 0 saturated heterocycles. The van der Waals surface area contributed by atoms with Crippen molar-refractivity contribution in [3.63, 3.8) is 0 Å². The van der Waals surface area contributed by atoms with Gasteiger partial charge in [0, 0.05) is 6.42 Å². The van der Waals surface area contributed by atoms with Gasteiger partial charge in [0.15, 0.2) is 6.29 Å². The van der Waals surface area contributed by atoms with Crippen LogP contribution in [-0.4, -0.2) is 18.5 Å². The third-order valence-electron chi connectivity index (χ3n) is 1.45. The van der Waals surface area contributed by atoms with Crippen LogP contribution >= 0.6 is 0 Å². The lowest BCUT2D eigenvalue weighted by molar-refractivity contribution is -0.128. The number of carbonyl (C=O) groups excluding carboxylic acids is 1. The summed E-state index contributed by atoms with van der Waals surface area (Å²) in [5, 5.41) is 0. The van der Waals surface area contributed by atoms with Crippen LogP contribution in [-0.2, 0) is 9.53 Å². The molecule has 2 heteroatoms. The lowest BCUT2D eigenvalue weighted by Crippen LogP contribution is -2.31. The second-order valence-corrected chi connectivity index (χ2v) is 2.42. The van der Waals surface area contributed by atoms with Gasteiger partial charge in [-0.05, 0) is 6.92 Å². The lowest BCUT2D eigenvalue weighted by atomic mass is 10.0. The second-order valence-electron chi connectivity index (χ2n) is 2.42. The van der Waals surface area contributed by atoms with Crippen molar-refractivity contribution < 1.29 is 9.53 Å². The first kappa shape index (κ1) is 6.49. The summed E-state index contributed by atoms with van der Waals surface area (Å²) < 4.78 is 5.16. The highest BCUT2D eigenvalue weighted by Crippen LogP contribution is 2.16. The van der Waals surface area contributed by atoms with E-state index < -0.39 is 5.60 Å². The first-order valence-electron chi connectivity index (χ1n) is 3.02. The monoisotopic (exact) mass is 126 g/mol. The molecule has 0 radical (unpaired) electrons. The quantitative estimate of drug-likeness (QED) is 0.386. The minimum absolute atomic E-state index is 0.547. The Morgan fingerprint density at radius 3 is 2.78 bits per heavy atom. The predicted octanol–water partition coefficient (Wildman–Crippen LogP) is 0.920. The van der Waals surface area contributed by atoms with Gasteiger partial charge in [0.25, 0.3) is 0 Å². The summed E-state index contributed by atoms with van der Waals surface area (Å²) in [6, 6.07) is 0. The molecule has 0 N–H and O–H groups in total. The molecule has 0 aromatic carbocycles. The minimum atomic E-state index is -0.547. The minimum Gasteiger partial charge on any atom is -0.363 e. The fourth-order valence-electron chi connectivity index (χ4n) is 0.765. The molecule has 0 bridgehead atoms. The van der Waals surface area contributed by atoms with Gasteiger partial charge in [-0.3, -0.25) is 0 Å². The van der Waals surface area contributed by atoms with E-state index in [0.717, 1.165) is 6.29 Å². The van der Waals surface area contributed by atoms with Gasteiger partial charge in [-0.1, -0.05) is 12.2 Å². The molecule has 2 nitrogen and oxygen atoms in total. The molecule has 1 aliphatic rings. The topological polar surface area (TPSA) is 26.3 Å². The summed E-state index contributed by atoms with van der Waals surface area (Å²) in [6.45, 7) is 2.36. The zero-order chi connectivity index (χ0) is 6.74. The van der Waals surface area contributed by atoms with Gasteiger partial charge in [-0.2, -0.15) is 0 Å². The predicted molar refractivity (Wildman–Crippen MR) is 34.2 cm³/mol. The first-order valence-corrected chi connectivity index (χ1v) is 3.02. The van der Waals surface area contributed by atoms with E-state index in [-0.39, 0.29) is 0 Å². The summed E-state index contributed by atoms with van der Waals surface area (Å²) in [5.41, 5.74) is -0.547. The number of rotatable bonds is 1. The van der Waals surface area contributed by atoms with Crippen molar-refractivity contribution in [3.8, 4) is 0 Å². The van der Waals surface area contributed by atoms with Crippen LogP contribution in [0.3, 0.4) is 0 Å². The molecular weight excluding hydrogens is 116 g/mol. The van der Waals surface area contributed by atoms with E-state index in [1.54, 1.807) is 6.92 Å². The van der Waals surface area contributed by atoms with Crippen LogP contribution in [0.15, 0.2) is 12.2 Å². The Kier molecular flexibility index (Phi) is 1.67. The SMILES string of the molecule is CC1(C=O)CC=CCO1. The Hall–Kier alpha value is -0.630. The fourth-order valence-corrected chi connectivity index (χ4v) is 0.765. The van der Waals surface area contributed by atoms with Crippen LogP contribution in [0.25, 0.3) is 0 Å². The highest BCUT2D eigenvalue weighted by molar-refractivity contribution is 5.62. The molecule has 1 aliphatic heterocycles. The van der Waals surface area contributed by atoms with E-state index >= 15 is 0 Å². The van der Waals surface area contributed by atoms with Gasteiger partial charge in [0.2, 0.25) is 0 Å². The van der Waals surface area contributed by atoms with Crippen LogP contribution < -0.4 is 0 Å². The van der Waals surface area contributed by atoms with Gasteiger partial charge in [-0.15, -0.1) is 0 Å². The van der Waals surface area contributed by atoms with E-state index in [9.17, 15) is 4.79 Å². The molecule has 0 saturated carbocycles. The molecule has 1 unspecified atom stereocenters. The molecule has 0 spiro atoms. The van der Waals surface area contributed by atoms with E-state index in [1.807, 2.05) is 12.2 Å². The molecule has 50 valence electrons. The number of ether oxygens (including phenoxy) is 1. The van der Waals surface area contributed by atoms with Crippen LogP contribution in [0.4, 0.5) is 0 Å². The van der Waals surface area contributed by atoms with Gasteiger partial charge in [-0.25, -0.2) is 0 Å². The summed E-state index contributed by atoms with van der Waals surface area (Å²) in [7, 11) is 0. The highest BCUT2D eigenvalue weighted by Gasteiger charge is 2.23. The zero-order valence-electron chi connectivity index (χ0n) is 5.46. The second kappa shape index (κ2) is 2.31. The summed E-state index contributed by atoms with van der Waals surface area (Å²) in [6.07, 6.45) is 5.45. The van der Waals surface area contributed by atoms with Crippen molar-refractivity contribution in [3.05, 3.63) is 12.2 Å². The third-order valence-corrected chi connectivity index (χ3v) is 1.45. The number of aldehydes is 1. The summed E-state index contributed by atoms with van der Waals surface area (Å²) in [4.78, 5) is 10.3. The van der Waals surface area contributed by atoms with Crippen molar-refractivity contribution in [2.75, 3.05) is 6.61 Å². The lowest BCUT2D eigenvalue weighted by Gasteiger charge is -2.24. The molecule has 0 aromatic heterocycles. The van der Waals surface area contributed by atoms with Crippen molar-refractivity contribution in [1.82, 2.24) is 0 Å². The van der Waals surface area contributed by atoms with E-state index in [0.29, 0.717) is 13.0 Å². The number of carbonyl (C=O) groups is 1. The van der Waals surface area contributed by atoms with Gasteiger partial charge in [0.1, 0.15) is 5.60 Å². The molecule has 0 fully saturated rings. The van der Waals surface area contributed by atoms with Crippen LogP contribution in [0, 0.1) is 0 Å². The number of hydrogen-bond acceptors (Lipinski definition) is 2. The van der Waals surface area contributed by atoms with Gasteiger partial charge < -0.3 is 9.53 Å². The Bertz CT molecular complexity index is 140. The smallest absolute Gasteiger partial charge is 0.151 e. The third kappa shape index (κ3) is 1.39. The molecule has 1 rings (SSSR count). The maximum absolute atomic E-state index is 10.3. The normalized spacial score (nSPS) is 34.3. The maximum Gasteiger partial charge on any atom is 0.151 e.